The number of aliphatic hydroxyl groups is 1. The Labute approximate surface area is 126 Å². The van der Waals surface area contributed by atoms with Crippen LogP contribution in [0, 0.1) is 0 Å². The van der Waals surface area contributed by atoms with E-state index < -0.39 is 5.60 Å². The van der Waals surface area contributed by atoms with Crippen LogP contribution >= 0.6 is 11.8 Å². The monoisotopic (exact) mass is 303 g/mol. The Bertz CT molecular complexity index is 770. The Balaban J connectivity index is 1.96. The molecule has 6 heteroatoms. The maximum absolute atomic E-state index is 10.2. The molecule has 1 aromatic carbocycles. The minimum Gasteiger partial charge on any atom is -0.450 e. The summed E-state index contributed by atoms with van der Waals surface area (Å²) in [5.41, 5.74) is 1.39. The number of anilines is 1. The van der Waals surface area contributed by atoms with E-state index >= 15 is 0 Å². The topological polar surface area (TPSA) is 71.2 Å². The number of aromatic nitrogens is 2. The first-order chi connectivity index (χ1) is 10.1. The molecule has 0 amide bonds. The van der Waals surface area contributed by atoms with Gasteiger partial charge in [-0.25, -0.2) is 9.97 Å². The molecule has 0 aliphatic rings. The summed E-state index contributed by atoms with van der Waals surface area (Å²) in [6.45, 7) is 2.20. The number of fused-ring (bicyclic) bond motifs is 3. The third kappa shape index (κ3) is 2.82. The van der Waals surface area contributed by atoms with Crippen LogP contribution in [0.2, 0.25) is 0 Å². The molecular formula is C15H17N3O2S. The van der Waals surface area contributed by atoms with Crippen molar-refractivity contribution < 1.29 is 9.52 Å². The number of thioether (sulfide) groups is 1. The van der Waals surface area contributed by atoms with E-state index in [1.807, 2.05) is 30.5 Å². The average Bonchev–Trinajstić information content (AvgIpc) is 2.84. The molecule has 0 spiro atoms. The number of hydrogen-bond acceptors (Lipinski definition) is 6. The van der Waals surface area contributed by atoms with Crippen LogP contribution in [-0.4, -0.2) is 39.2 Å². The molecule has 2 N–H and O–H groups in total. The van der Waals surface area contributed by atoms with Gasteiger partial charge in [-0.2, -0.15) is 11.8 Å². The lowest BCUT2D eigenvalue weighted by Gasteiger charge is -2.22. The van der Waals surface area contributed by atoms with Gasteiger partial charge in [0, 0.05) is 17.7 Å². The maximum Gasteiger partial charge on any atom is 0.196 e. The molecule has 0 bridgehead atoms. The number of hydrogen-bond donors (Lipinski definition) is 2. The summed E-state index contributed by atoms with van der Waals surface area (Å²) < 4.78 is 5.83. The van der Waals surface area contributed by atoms with Crippen LogP contribution in [0.1, 0.15) is 6.92 Å². The van der Waals surface area contributed by atoms with Gasteiger partial charge in [-0.15, -0.1) is 0 Å². The molecule has 110 valence electrons. The summed E-state index contributed by atoms with van der Waals surface area (Å²) in [5, 5.41) is 14.4. The SMILES string of the molecule is CSCC(C)(O)CNc1ncnc2c1oc1ccccc12. The third-order valence-electron chi connectivity index (χ3n) is 3.25. The van der Waals surface area contributed by atoms with E-state index in [1.54, 1.807) is 18.7 Å². The maximum atomic E-state index is 10.2. The van der Waals surface area contributed by atoms with Gasteiger partial charge < -0.3 is 14.8 Å². The highest BCUT2D eigenvalue weighted by atomic mass is 32.2. The molecule has 2 heterocycles. The van der Waals surface area contributed by atoms with Gasteiger partial charge >= 0.3 is 0 Å². The van der Waals surface area contributed by atoms with Crippen LogP contribution in [0.5, 0.6) is 0 Å². The molecule has 0 radical (unpaired) electrons. The number of nitrogens with one attached hydrogen (secondary N) is 1. The van der Waals surface area contributed by atoms with E-state index in [2.05, 4.69) is 15.3 Å². The van der Waals surface area contributed by atoms with Gasteiger partial charge in [0.05, 0.1) is 5.60 Å². The molecule has 0 aliphatic heterocycles. The lowest BCUT2D eigenvalue weighted by atomic mass is 10.1. The highest BCUT2D eigenvalue weighted by Gasteiger charge is 2.21. The molecule has 0 fully saturated rings. The molecule has 1 unspecified atom stereocenters. The predicted molar refractivity (Wildman–Crippen MR) is 86.8 cm³/mol. The Morgan fingerprint density at radius 2 is 2.14 bits per heavy atom. The molecule has 2 aromatic heterocycles. The van der Waals surface area contributed by atoms with Crippen molar-refractivity contribution in [1.29, 1.82) is 0 Å². The van der Waals surface area contributed by atoms with E-state index in [0.717, 1.165) is 16.5 Å². The second-order valence-corrected chi connectivity index (χ2v) is 6.15. The fourth-order valence-corrected chi connectivity index (χ4v) is 3.01. The van der Waals surface area contributed by atoms with Crippen molar-refractivity contribution in [1.82, 2.24) is 9.97 Å². The zero-order valence-corrected chi connectivity index (χ0v) is 12.8. The van der Waals surface area contributed by atoms with Gasteiger partial charge in [0.1, 0.15) is 17.4 Å². The normalized spacial score (nSPS) is 14.4. The summed E-state index contributed by atoms with van der Waals surface area (Å²) in [5.74, 6) is 1.26. The third-order valence-corrected chi connectivity index (χ3v) is 4.16. The summed E-state index contributed by atoms with van der Waals surface area (Å²) in [4.78, 5) is 8.53. The second-order valence-electron chi connectivity index (χ2n) is 5.28. The van der Waals surface area contributed by atoms with Crippen molar-refractivity contribution in [2.75, 3.05) is 23.9 Å². The number of furan rings is 1. The van der Waals surface area contributed by atoms with Crippen molar-refractivity contribution in [3.05, 3.63) is 30.6 Å². The highest BCUT2D eigenvalue weighted by molar-refractivity contribution is 7.98. The molecule has 5 nitrogen and oxygen atoms in total. The fraction of sp³-hybridized carbons (Fsp3) is 0.333. The molecule has 21 heavy (non-hydrogen) atoms. The highest BCUT2D eigenvalue weighted by Crippen LogP contribution is 2.30. The molecule has 0 aliphatic carbocycles. The van der Waals surface area contributed by atoms with Gasteiger partial charge in [0.15, 0.2) is 11.4 Å². The second kappa shape index (κ2) is 5.54. The molecule has 0 saturated heterocycles. The Kier molecular flexibility index (Phi) is 3.73. The van der Waals surface area contributed by atoms with Gasteiger partial charge in [0.25, 0.3) is 0 Å². The van der Waals surface area contributed by atoms with Crippen molar-refractivity contribution in [3.63, 3.8) is 0 Å². The fourth-order valence-electron chi connectivity index (χ4n) is 2.29. The quantitative estimate of drug-likeness (QED) is 0.755. The average molecular weight is 303 g/mol. The smallest absolute Gasteiger partial charge is 0.196 e. The van der Waals surface area contributed by atoms with Crippen molar-refractivity contribution in [2.45, 2.75) is 12.5 Å². The Morgan fingerprint density at radius 1 is 1.33 bits per heavy atom. The number of benzene rings is 1. The number of nitrogens with zero attached hydrogens (tertiary/aromatic N) is 2. The lowest BCUT2D eigenvalue weighted by Crippen LogP contribution is -2.36. The van der Waals surface area contributed by atoms with Gasteiger partial charge in [0.2, 0.25) is 0 Å². The van der Waals surface area contributed by atoms with Crippen LogP contribution in [-0.2, 0) is 0 Å². The lowest BCUT2D eigenvalue weighted by molar-refractivity contribution is 0.0996. The standard InChI is InChI=1S/C15H17N3O2S/c1-15(19,8-21-2)7-16-14-13-12(17-9-18-14)10-5-3-4-6-11(10)20-13/h3-6,9,19H,7-8H2,1-2H3,(H,16,17,18). The van der Waals surface area contributed by atoms with E-state index in [0.29, 0.717) is 23.7 Å². The van der Waals surface area contributed by atoms with Crippen molar-refractivity contribution >= 4 is 39.6 Å². The Hall–Kier alpha value is -1.79. The Morgan fingerprint density at radius 3 is 2.95 bits per heavy atom. The minimum atomic E-state index is -0.803. The van der Waals surface area contributed by atoms with E-state index in [1.165, 1.54) is 6.33 Å². The van der Waals surface area contributed by atoms with E-state index in [4.69, 9.17) is 4.42 Å². The van der Waals surface area contributed by atoms with Crippen molar-refractivity contribution in [3.8, 4) is 0 Å². The van der Waals surface area contributed by atoms with Crippen LogP contribution in [0.3, 0.4) is 0 Å². The van der Waals surface area contributed by atoms with Crippen molar-refractivity contribution in [2.24, 2.45) is 0 Å². The molecule has 3 rings (SSSR count). The summed E-state index contributed by atoms with van der Waals surface area (Å²) >= 11 is 1.60. The minimum absolute atomic E-state index is 0.400. The summed E-state index contributed by atoms with van der Waals surface area (Å²) in [7, 11) is 0. The summed E-state index contributed by atoms with van der Waals surface area (Å²) in [6.07, 6.45) is 3.48. The van der Waals surface area contributed by atoms with Crippen LogP contribution in [0.4, 0.5) is 5.82 Å². The number of para-hydroxylation sites is 1. The first-order valence-electron chi connectivity index (χ1n) is 6.68. The van der Waals surface area contributed by atoms with Crippen LogP contribution in [0.25, 0.3) is 22.1 Å². The van der Waals surface area contributed by atoms with Gasteiger partial charge in [-0.3, -0.25) is 0 Å². The van der Waals surface area contributed by atoms with Crippen LogP contribution in [0.15, 0.2) is 35.0 Å². The van der Waals surface area contributed by atoms with Gasteiger partial charge in [-0.05, 0) is 25.3 Å². The van der Waals surface area contributed by atoms with Gasteiger partial charge in [-0.1, -0.05) is 12.1 Å². The molecule has 3 aromatic rings. The first kappa shape index (κ1) is 14.2. The zero-order chi connectivity index (χ0) is 14.9. The van der Waals surface area contributed by atoms with E-state index in [9.17, 15) is 5.11 Å². The van der Waals surface area contributed by atoms with Crippen LogP contribution < -0.4 is 5.32 Å². The molecule has 0 saturated carbocycles. The zero-order valence-electron chi connectivity index (χ0n) is 12.0. The first-order valence-corrected chi connectivity index (χ1v) is 8.07. The summed E-state index contributed by atoms with van der Waals surface area (Å²) in [6, 6.07) is 7.76. The molecule has 1 atom stereocenters. The molecular weight excluding hydrogens is 286 g/mol. The van der Waals surface area contributed by atoms with E-state index in [-0.39, 0.29) is 0 Å². The predicted octanol–water partition coefficient (Wildman–Crippen LogP) is 2.90. The number of rotatable bonds is 5. The largest absolute Gasteiger partial charge is 0.450 e.